The van der Waals surface area contributed by atoms with E-state index in [0.29, 0.717) is 24.9 Å². The number of carbonyl (C=O) groups is 1. The number of rotatable bonds is 7. The molecule has 0 heterocycles. The summed E-state index contributed by atoms with van der Waals surface area (Å²) in [5, 5.41) is 3.24. The summed E-state index contributed by atoms with van der Waals surface area (Å²) >= 11 is 0. The van der Waals surface area contributed by atoms with E-state index in [0.717, 1.165) is 31.6 Å². The van der Waals surface area contributed by atoms with Crippen molar-refractivity contribution < 1.29 is 4.79 Å². The number of nitrogens with one attached hydrogen (secondary N) is 1. The maximum Gasteiger partial charge on any atom is 0.220 e. The van der Waals surface area contributed by atoms with Crippen LogP contribution in [-0.4, -0.2) is 18.5 Å². The fraction of sp³-hybridized carbons (Fsp3) is 0.944. The molecule has 3 heteroatoms. The first kappa shape index (κ1) is 18.5. The Morgan fingerprint density at radius 1 is 1.19 bits per heavy atom. The molecule has 0 aliphatic heterocycles. The number of amides is 1. The van der Waals surface area contributed by atoms with Gasteiger partial charge in [0.05, 0.1) is 0 Å². The lowest BCUT2D eigenvalue weighted by Gasteiger charge is -2.31. The zero-order valence-corrected chi connectivity index (χ0v) is 14.6. The Morgan fingerprint density at radius 3 is 2.29 bits per heavy atom. The molecule has 0 radical (unpaired) electrons. The van der Waals surface area contributed by atoms with Crippen molar-refractivity contribution in [2.75, 3.05) is 6.54 Å². The van der Waals surface area contributed by atoms with Gasteiger partial charge in [-0.15, -0.1) is 0 Å². The van der Waals surface area contributed by atoms with Gasteiger partial charge in [0.15, 0.2) is 0 Å². The third-order valence-corrected chi connectivity index (χ3v) is 5.25. The summed E-state index contributed by atoms with van der Waals surface area (Å²) in [5.74, 6) is 1.65. The summed E-state index contributed by atoms with van der Waals surface area (Å²) < 4.78 is 0. The minimum atomic E-state index is 0.235. The van der Waals surface area contributed by atoms with Crippen LogP contribution in [0, 0.1) is 17.3 Å². The van der Waals surface area contributed by atoms with Crippen LogP contribution in [0.3, 0.4) is 0 Å². The highest BCUT2D eigenvalue weighted by atomic mass is 16.1. The van der Waals surface area contributed by atoms with Gasteiger partial charge in [0.1, 0.15) is 0 Å². The summed E-state index contributed by atoms with van der Waals surface area (Å²) in [5.41, 5.74) is 5.94. The van der Waals surface area contributed by atoms with Gasteiger partial charge < -0.3 is 11.1 Å². The van der Waals surface area contributed by atoms with Gasteiger partial charge in [0.2, 0.25) is 5.91 Å². The van der Waals surface area contributed by atoms with E-state index < -0.39 is 0 Å². The van der Waals surface area contributed by atoms with Gasteiger partial charge in [0, 0.05) is 12.5 Å². The van der Waals surface area contributed by atoms with Gasteiger partial charge in [-0.2, -0.15) is 0 Å². The molecule has 124 valence electrons. The smallest absolute Gasteiger partial charge is 0.220 e. The predicted octanol–water partition coefficient (Wildman–Crippen LogP) is 3.86. The molecule has 0 spiro atoms. The Bertz CT molecular complexity index is 301. The Labute approximate surface area is 131 Å². The molecule has 0 aromatic rings. The van der Waals surface area contributed by atoms with Gasteiger partial charge in [-0.25, -0.2) is 0 Å². The average molecular weight is 296 g/mol. The number of hydrogen-bond acceptors (Lipinski definition) is 2. The van der Waals surface area contributed by atoms with Crippen LogP contribution in [0.25, 0.3) is 0 Å². The second-order valence-electron chi connectivity index (χ2n) is 7.87. The molecular formula is C18H36N2O. The molecule has 0 aromatic heterocycles. The van der Waals surface area contributed by atoms with Crippen molar-refractivity contribution in [1.82, 2.24) is 5.32 Å². The van der Waals surface area contributed by atoms with Crippen LogP contribution in [0.2, 0.25) is 0 Å². The molecule has 3 N–H and O–H groups in total. The normalized spacial score (nSPS) is 24.6. The summed E-state index contributed by atoms with van der Waals surface area (Å²) in [7, 11) is 0. The summed E-state index contributed by atoms with van der Waals surface area (Å²) in [6.07, 6.45) is 8.78. The van der Waals surface area contributed by atoms with Crippen molar-refractivity contribution >= 4 is 5.91 Å². The van der Waals surface area contributed by atoms with Crippen LogP contribution in [0.4, 0.5) is 0 Å². The minimum absolute atomic E-state index is 0.235. The SMILES string of the molecule is CCC1CCC(NC(=O)CCC(CCN)C(C)(C)C)CC1. The molecule has 1 atom stereocenters. The summed E-state index contributed by atoms with van der Waals surface area (Å²) in [6.45, 7) is 9.73. The van der Waals surface area contributed by atoms with Crippen LogP contribution < -0.4 is 11.1 Å². The molecule has 21 heavy (non-hydrogen) atoms. The van der Waals surface area contributed by atoms with E-state index in [9.17, 15) is 4.79 Å². The van der Waals surface area contributed by atoms with E-state index in [-0.39, 0.29) is 11.3 Å². The third-order valence-electron chi connectivity index (χ3n) is 5.25. The van der Waals surface area contributed by atoms with Gasteiger partial charge in [-0.3, -0.25) is 4.79 Å². The topological polar surface area (TPSA) is 55.1 Å². The monoisotopic (exact) mass is 296 g/mol. The highest BCUT2D eigenvalue weighted by molar-refractivity contribution is 5.76. The quantitative estimate of drug-likeness (QED) is 0.749. The minimum Gasteiger partial charge on any atom is -0.353 e. The van der Waals surface area contributed by atoms with Gasteiger partial charge >= 0.3 is 0 Å². The average Bonchev–Trinajstić information content (AvgIpc) is 2.43. The van der Waals surface area contributed by atoms with Crippen molar-refractivity contribution in [3.63, 3.8) is 0 Å². The highest BCUT2D eigenvalue weighted by Gasteiger charge is 2.25. The van der Waals surface area contributed by atoms with E-state index in [4.69, 9.17) is 5.73 Å². The van der Waals surface area contributed by atoms with Crippen molar-refractivity contribution in [3.8, 4) is 0 Å². The fourth-order valence-electron chi connectivity index (χ4n) is 3.53. The molecule has 1 unspecified atom stereocenters. The first-order valence-electron chi connectivity index (χ1n) is 8.86. The predicted molar refractivity (Wildman–Crippen MR) is 90.0 cm³/mol. The Morgan fingerprint density at radius 2 is 1.81 bits per heavy atom. The van der Waals surface area contributed by atoms with E-state index in [1.807, 2.05) is 0 Å². The Kier molecular flexibility index (Phi) is 7.72. The number of hydrogen-bond donors (Lipinski definition) is 2. The van der Waals surface area contributed by atoms with Crippen molar-refractivity contribution in [3.05, 3.63) is 0 Å². The molecule has 0 saturated heterocycles. The summed E-state index contributed by atoms with van der Waals surface area (Å²) in [4.78, 5) is 12.2. The molecule has 1 aliphatic rings. The van der Waals surface area contributed by atoms with Crippen LogP contribution in [-0.2, 0) is 4.79 Å². The highest BCUT2D eigenvalue weighted by Crippen LogP contribution is 2.32. The molecule has 0 bridgehead atoms. The summed E-state index contributed by atoms with van der Waals surface area (Å²) in [6, 6.07) is 0.419. The lowest BCUT2D eigenvalue weighted by molar-refractivity contribution is -0.122. The molecule has 1 amide bonds. The van der Waals surface area contributed by atoms with Crippen LogP contribution in [0.1, 0.15) is 79.1 Å². The third kappa shape index (κ3) is 6.82. The van der Waals surface area contributed by atoms with Crippen molar-refractivity contribution in [2.45, 2.75) is 85.1 Å². The van der Waals surface area contributed by atoms with Crippen LogP contribution in [0.5, 0.6) is 0 Å². The fourth-order valence-corrected chi connectivity index (χ4v) is 3.53. The second kappa shape index (κ2) is 8.77. The van der Waals surface area contributed by atoms with Crippen molar-refractivity contribution in [2.24, 2.45) is 23.0 Å². The zero-order chi connectivity index (χ0) is 15.9. The van der Waals surface area contributed by atoms with Crippen LogP contribution >= 0.6 is 0 Å². The lowest BCUT2D eigenvalue weighted by atomic mass is 9.76. The van der Waals surface area contributed by atoms with Crippen molar-refractivity contribution in [1.29, 1.82) is 0 Å². The molecule has 1 aliphatic carbocycles. The number of nitrogens with two attached hydrogens (primary N) is 1. The number of carbonyl (C=O) groups excluding carboxylic acids is 1. The first-order chi connectivity index (χ1) is 9.86. The first-order valence-corrected chi connectivity index (χ1v) is 8.86. The maximum absolute atomic E-state index is 12.2. The van der Waals surface area contributed by atoms with Crippen LogP contribution in [0.15, 0.2) is 0 Å². The van der Waals surface area contributed by atoms with Gasteiger partial charge in [0.25, 0.3) is 0 Å². The molecule has 1 saturated carbocycles. The largest absolute Gasteiger partial charge is 0.353 e. The Balaban J connectivity index is 2.30. The lowest BCUT2D eigenvalue weighted by Crippen LogP contribution is -2.38. The van der Waals surface area contributed by atoms with Gasteiger partial charge in [-0.05, 0) is 62.3 Å². The molecule has 1 rings (SSSR count). The molecule has 3 nitrogen and oxygen atoms in total. The van der Waals surface area contributed by atoms with E-state index in [1.165, 1.54) is 19.3 Å². The second-order valence-corrected chi connectivity index (χ2v) is 7.87. The Hall–Kier alpha value is -0.570. The van der Waals surface area contributed by atoms with E-state index in [2.05, 4.69) is 33.0 Å². The molecular weight excluding hydrogens is 260 g/mol. The standard InChI is InChI=1S/C18H36N2O/c1-5-14-6-9-16(10-7-14)20-17(21)11-8-15(12-13-19)18(2,3)4/h14-16H,5-13,19H2,1-4H3,(H,20,21). The molecule has 1 fully saturated rings. The van der Waals surface area contributed by atoms with E-state index in [1.54, 1.807) is 0 Å². The maximum atomic E-state index is 12.2. The zero-order valence-electron chi connectivity index (χ0n) is 14.6. The molecule has 0 aromatic carbocycles. The van der Waals surface area contributed by atoms with Gasteiger partial charge in [-0.1, -0.05) is 34.1 Å². The van der Waals surface area contributed by atoms with E-state index >= 15 is 0 Å².